The Morgan fingerprint density at radius 3 is 2.74 bits per heavy atom. The van der Waals surface area contributed by atoms with Gasteiger partial charge in [0.05, 0.1) is 12.8 Å². The molecule has 0 unspecified atom stereocenters. The van der Waals surface area contributed by atoms with Crippen LogP contribution in [0.2, 0.25) is 0 Å². The molecule has 0 fully saturated rings. The van der Waals surface area contributed by atoms with Crippen LogP contribution in [0, 0.1) is 6.92 Å². The van der Waals surface area contributed by atoms with Crippen LogP contribution in [0.3, 0.4) is 0 Å². The summed E-state index contributed by atoms with van der Waals surface area (Å²) in [4.78, 5) is 26.7. The number of nitrogens with zero attached hydrogens (tertiary/aromatic N) is 1. The lowest BCUT2D eigenvalue weighted by Gasteiger charge is -2.08. The van der Waals surface area contributed by atoms with E-state index in [2.05, 4.69) is 20.8 Å². The van der Waals surface area contributed by atoms with Crippen LogP contribution in [0.15, 0.2) is 59.8 Å². The molecule has 3 rings (SSSR count). The van der Waals surface area contributed by atoms with Gasteiger partial charge in [-0.3, -0.25) is 9.59 Å². The zero-order valence-electron chi connectivity index (χ0n) is 14.9. The molecular weight excluding hydrogens is 344 g/mol. The second-order valence-electron chi connectivity index (χ2n) is 5.91. The minimum Gasteiger partial charge on any atom is -0.484 e. The van der Waals surface area contributed by atoms with Crippen molar-refractivity contribution in [3.8, 4) is 5.75 Å². The summed E-state index contributed by atoms with van der Waals surface area (Å²) in [5, 5.41) is 7.42. The summed E-state index contributed by atoms with van der Waals surface area (Å²) in [7, 11) is 0. The van der Waals surface area contributed by atoms with Crippen molar-refractivity contribution >= 4 is 28.9 Å². The van der Waals surface area contributed by atoms with Gasteiger partial charge in [-0.05, 0) is 24.6 Å². The highest BCUT2D eigenvalue weighted by molar-refractivity contribution is 5.99. The number of rotatable bonds is 7. The van der Waals surface area contributed by atoms with Gasteiger partial charge < -0.3 is 15.0 Å². The molecule has 0 saturated carbocycles. The van der Waals surface area contributed by atoms with Crippen LogP contribution in [0.5, 0.6) is 5.75 Å². The number of nitrogens with one attached hydrogen (secondary N) is 3. The number of aromatic amines is 1. The molecule has 1 aromatic heterocycles. The van der Waals surface area contributed by atoms with Crippen LogP contribution in [-0.2, 0) is 9.59 Å². The lowest BCUT2D eigenvalue weighted by Crippen LogP contribution is -2.37. The quantitative estimate of drug-likeness (QED) is 0.443. The van der Waals surface area contributed by atoms with Gasteiger partial charge in [-0.15, -0.1) is 0 Å². The number of hydrogen-bond donors (Lipinski definition) is 3. The molecule has 2 amide bonds. The van der Waals surface area contributed by atoms with Gasteiger partial charge in [-0.2, -0.15) is 5.10 Å². The number of hydrazone groups is 1. The highest BCUT2D eigenvalue weighted by Gasteiger charge is 2.07. The molecule has 2 aromatic carbocycles. The molecule has 138 valence electrons. The van der Waals surface area contributed by atoms with E-state index in [1.54, 1.807) is 12.3 Å². The van der Waals surface area contributed by atoms with Crippen LogP contribution >= 0.6 is 0 Å². The van der Waals surface area contributed by atoms with Gasteiger partial charge in [0, 0.05) is 22.7 Å². The first-order valence-electron chi connectivity index (χ1n) is 8.46. The molecule has 0 aliphatic heterocycles. The molecule has 7 nitrogen and oxygen atoms in total. The Balaban J connectivity index is 1.41. The lowest BCUT2D eigenvalue weighted by atomic mass is 10.2. The number of amides is 2. The minimum atomic E-state index is -0.421. The van der Waals surface area contributed by atoms with E-state index in [0.29, 0.717) is 5.75 Å². The maximum Gasteiger partial charge on any atom is 0.259 e. The normalized spacial score (nSPS) is 10.9. The second-order valence-corrected chi connectivity index (χ2v) is 5.91. The molecule has 0 aliphatic carbocycles. The molecular formula is C20H20N4O3. The van der Waals surface area contributed by atoms with Crippen molar-refractivity contribution in [1.82, 2.24) is 15.7 Å². The van der Waals surface area contributed by atoms with E-state index in [-0.39, 0.29) is 19.1 Å². The first kappa shape index (κ1) is 18.2. The highest BCUT2D eigenvalue weighted by atomic mass is 16.5. The summed E-state index contributed by atoms with van der Waals surface area (Å²) in [6, 6.07) is 15.2. The summed E-state index contributed by atoms with van der Waals surface area (Å²) < 4.78 is 5.43. The van der Waals surface area contributed by atoms with E-state index in [1.165, 1.54) is 0 Å². The molecule has 7 heteroatoms. The zero-order valence-corrected chi connectivity index (χ0v) is 14.9. The Kier molecular flexibility index (Phi) is 5.84. The Morgan fingerprint density at radius 2 is 1.89 bits per heavy atom. The van der Waals surface area contributed by atoms with Crippen molar-refractivity contribution in [1.29, 1.82) is 0 Å². The van der Waals surface area contributed by atoms with E-state index < -0.39 is 5.91 Å². The lowest BCUT2D eigenvalue weighted by molar-refractivity contribution is -0.127. The number of H-pyrrole nitrogens is 1. The first-order valence-corrected chi connectivity index (χ1v) is 8.46. The average Bonchev–Trinajstić information content (AvgIpc) is 3.09. The molecule has 1 heterocycles. The summed E-state index contributed by atoms with van der Waals surface area (Å²) in [5.74, 6) is -0.162. The fourth-order valence-corrected chi connectivity index (χ4v) is 2.51. The molecule has 0 radical (unpaired) electrons. The number of carbonyl (C=O) groups is 2. The fourth-order valence-electron chi connectivity index (χ4n) is 2.51. The highest BCUT2D eigenvalue weighted by Crippen LogP contribution is 2.16. The van der Waals surface area contributed by atoms with Crippen molar-refractivity contribution < 1.29 is 14.3 Å². The average molecular weight is 364 g/mol. The molecule has 27 heavy (non-hydrogen) atoms. The van der Waals surface area contributed by atoms with Crippen molar-refractivity contribution in [3.63, 3.8) is 0 Å². The van der Waals surface area contributed by atoms with Crippen molar-refractivity contribution in [2.75, 3.05) is 13.2 Å². The van der Waals surface area contributed by atoms with Crippen LogP contribution in [0.1, 0.15) is 11.1 Å². The molecule has 3 aromatic rings. The van der Waals surface area contributed by atoms with E-state index >= 15 is 0 Å². The molecule has 0 atom stereocenters. The Morgan fingerprint density at radius 1 is 1.11 bits per heavy atom. The van der Waals surface area contributed by atoms with Crippen molar-refractivity contribution in [3.05, 3.63) is 65.9 Å². The van der Waals surface area contributed by atoms with Crippen LogP contribution in [-0.4, -0.2) is 36.2 Å². The number of fused-ring (bicyclic) bond motifs is 1. The number of benzene rings is 2. The molecule has 0 aliphatic rings. The molecule has 0 saturated heterocycles. The third-order valence-corrected chi connectivity index (χ3v) is 3.91. The smallest absolute Gasteiger partial charge is 0.259 e. The third kappa shape index (κ3) is 4.94. The Bertz CT molecular complexity index is 978. The largest absolute Gasteiger partial charge is 0.484 e. The van der Waals surface area contributed by atoms with Gasteiger partial charge in [0.2, 0.25) is 0 Å². The number of ether oxygens (including phenoxy) is 1. The summed E-state index contributed by atoms with van der Waals surface area (Å²) >= 11 is 0. The zero-order chi connectivity index (χ0) is 19.1. The number of para-hydroxylation sites is 2. The standard InChI is InChI=1S/C20H20N4O3/c1-14-6-2-5-9-18(14)27-13-20(26)22-12-19(25)24-23-11-15-10-21-17-8-4-3-7-16(15)17/h2-11,21H,12-13H2,1H3,(H,22,26)(H,24,25)/b23-11+. The van der Waals surface area contributed by atoms with Crippen molar-refractivity contribution in [2.45, 2.75) is 6.92 Å². The van der Waals surface area contributed by atoms with Crippen LogP contribution in [0.4, 0.5) is 0 Å². The van der Waals surface area contributed by atoms with Crippen LogP contribution < -0.4 is 15.5 Å². The van der Waals surface area contributed by atoms with E-state index in [1.807, 2.05) is 55.6 Å². The monoisotopic (exact) mass is 364 g/mol. The third-order valence-electron chi connectivity index (χ3n) is 3.91. The molecule has 3 N–H and O–H groups in total. The van der Waals surface area contributed by atoms with Gasteiger partial charge in [0.1, 0.15) is 5.75 Å². The van der Waals surface area contributed by atoms with E-state index in [9.17, 15) is 9.59 Å². The summed E-state index contributed by atoms with van der Waals surface area (Å²) in [6.45, 7) is 1.56. The Labute approximate surface area is 156 Å². The topological polar surface area (TPSA) is 95.6 Å². The Hall–Kier alpha value is -3.61. The van der Waals surface area contributed by atoms with E-state index in [4.69, 9.17) is 4.74 Å². The van der Waals surface area contributed by atoms with Gasteiger partial charge in [0.25, 0.3) is 11.8 Å². The predicted molar refractivity (Wildman–Crippen MR) is 104 cm³/mol. The van der Waals surface area contributed by atoms with Gasteiger partial charge in [-0.25, -0.2) is 5.43 Å². The van der Waals surface area contributed by atoms with Gasteiger partial charge in [-0.1, -0.05) is 36.4 Å². The summed E-state index contributed by atoms with van der Waals surface area (Å²) in [6.07, 6.45) is 3.37. The van der Waals surface area contributed by atoms with E-state index in [0.717, 1.165) is 22.0 Å². The first-order chi connectivity index (χ1) is 13.1. The number of aryl methyl sites for hydroxylation is 1. The molecule has 0 spiro atoms. The van der Waals surface area contributed by atoms with Gasteiger partial charge in [0.15, 0.2) is 6.61 Å². The maximum atomic E-state index is 11.8. The number of carbonyl (C=O) groups excluding carboxylic acids is 2. The minimum absolute atomic E-state index is 0.156. The summed E-state index contributed by atoms with van der Waals surface area (Å²) in [5.41, 5.74) is 5.18. The SMILES string of the molecule is Cc1ccccc1OCC(=O)NCC(=O)N/N=C/c1c[nH]c2ccccc12. The predicted octanol–water partition coefficient (Wildman–Crippen LogP) is 2.12. The van der Waals surface area contributed by atoms with Gasteiger partial charge >= 0.3 is 0 Å². The fraction of sp³-hybridized carbons (Fsp3) is 0.150. The maximum absolute atomic E-state index is 11.8. The number of hydrogen-bond acceptors (Lipinski definition) is 4. The number of aromatic nitrogens is 1. The van der Waals surface area contributed by atoms with Crippen molar-refractivity contribution in [2.24, 2.45) is 5.10 Å². The molecule has 0 bridgehead atoms. The van der Waals surface area contributed by atoms with Crippen LogP contribution in [0.25, 0.3) is 10.9 Å². The second kappa shape index (κ2) is 8.66.